The summed E-state index contributed by atoms with van der Waals surface area (Å²) in [5.74, 6) is -0.712. The standard InChI is InChI=1S/C9H14ClNO2/c1-7(3-10)4-11-5-9(2,6-11)8(12)13/h3H,4-6H2,1-2H3,(H,12,13)/b7-3+. The monoisotopic (exact) mass is 203 g/mol. The third-order valence-electron chi connectivity index (χ3n) is 2.32. The number of carbonyl (C=O) groups is 1. The van der Waals surface area contributed by atoms with Crippen LogP contribution in [0.1, 0.15) is 13.8 Å². The molecule has 0 atom stereocenters. The molecule has 13 heavy (non-hydrogen) atoms. The second-order valence-corrected chi connectivity index (χ2v) is 4.18. The SMILES string of the molecule is C/C(=C\Cl)CN1CC(C)(C(=O)O)C1. The normalized spacial score (nSPS) is 22.5. The number of halogens is 1. The smallest absolute Gasteiger partial charge is 0.311 e. The van der Waals surface area contributed by atoms with Gasteiger partial charge in [0.2, 0.25) is 0 Å². The second-order valence-electron chi connectivity index (χ2n) is 3.97. The summed E-state index contributed by atoms with van der Waals surface area (Å²) in [7, 11) is 0. The molecule has 1 aliphatic rings. The summed E-state index contributed by atoms with van der Waals surface area (Å²) < 4.78 is 0. The molecular weight excluding hydrogens is 190 g/mol. The van der Waals surface area contributed by atoms with Crippen molar-refractivity contribution in [3.8, 4) is 0 Å². The van der Waals surface area contributed by atoms with Gasteiger partial charge in [0.15, 0.2) is 0 Å². The maximum absolute atomic E-state index is 10.7. The Kier molecular flexibility index (Phi) is 2.98. The predicted molar refractivity (Wildman–Crippen MR) is 51.8 cm³/mol. The lowest BCUT2D eigenvalue weighted by molar-refractivity contribution is -0.157. The van der Waals surface area contributed by atoms with Crippen molar-refractivity contribution in [1.82, 2.24) is 4.90 Å². The first-order chi connectivity index (χ1) is 5.98. The Hall–Kier alpha value is -0.540. The Bertz CT molecular complexity index is 244. The number of hydrogen-bond acceptors (Lipinski definition) is 2. The van der Waals surface area contributed by atoms with Crippen LogP contribution in [0.2, 0.25) is 0 Å². The lowest BCUT2D eigenvalue weighted by atomic mass is 9.82. The summed E-state index contributed by atoms with van der Waals surface area (Å²) in [6.45, 7) is 5.70. The van der Waals surface area contributed by atoms with Crippen LogP contribution in [0.3, 0.4) is 0 Å². The predicted octanol–water partition coefficient (Wildman–Crippen LogP) is 1.54. The highest BCUT2D eigenvalue weighted by Crippen LogP contribution is 2.30. The van der Waals surface area contributed by atoms with E-state index in [9.17, 15) is 4.79 Å². The number of carboxylic acids is 1. The molecule has 0 saturated carbocycles. The van der Waals surface area contributed by atoms with Gasteiger partial charge in [-0.2, -0.15) is 0 Å². The van der Waals surface area contributed by atoms with Gasteiger partial charge in [-0.05, 0) is 19.4 Å². The number of rotatable bonds is 3. The molecular formula is C9H14ClNO2. The molecule has 0 spiro atoms. The Morgan fingerprint density at radius 2 is 2.23 bits per heavy atom. The number of hydrogen-bond donors (Lipinski definition) is 1. The largest absolute Gasteiger partial charge is 0.481 e. The van der Waals surface area contributed by atoms with Gasteiger partial charge in [0, 0.05) is 25.2 Å². The van der Waals surface area contributed by atoms with Crippen LogP contribution in [0.4, 0.5) is 0 Å². The van der Waals surface area contributed by atoms with E-state index in [0.29, 0.717) is 13.1 Å². The average Bonchev–Trinajstić information content (AvgIpc) is 2.00. The van der Waals surface area contributed by atoms with Crippen molar-refractivity contribution in [2.45, 2.75) is 13.8 Å². The molecule has 0 amide bonds. The fourth-order valence-electron chi connectivity index (χ4n) is 1.58. The average molecular weight is 204 g/mol. The van der Waals surface area contributed by atoms with Gasteiger partial charge >= 0.3 is 5.97 Å². The first-order valence-corrected chi connectivity index (χ1v) is 4.63. The van der Waals surface area contributed by atoms with Crippen LogP contribution in [0, 0.1) is 5.41 Å². The van der Waals surface area contributed by atoms with E-state index in [-0.39, 0.29) is 0 Å². The minimum Gasteiger partial charge on any atom is -0.481 e. The van der Waals surface area contributed by atoms with E-state index in [4.69, 9.17) is 16.7 Å². The molecule has 0 bridgehead atoms. The molecule has 1 heterocycles. The molecule has 74 valence electrons. The first kappa shape index (κ1) is 10.5. The van der Waals surface area contributed by atoms with E-state index >= 15 is 0 Å². The minimum atomic E-state index is -0.712. The van der Waals surface area contributed by atoms with Crippen LogP contribution in [0.15, 0.2) is 11.1 Å². The van der Waals surface area contributed by atoms with Gasteiger partial charge in [-0.15, -0.1) is 0 Å². The summed E-state index contributed by atoms with van der Waals surface area (Å²) in [5.41, 5.74) is 2.05. The highest BCUT2D eigenvalue weighted by molar-refractivity contribution is 6.25. The summed E-state index contributed by atoms with van der Waals surface area (Å²) in [4.78, 5) is 12.8. The second kappa shape index (κ2) is 3.68. The molecule has 1 aliphatic heterocycles. The van der Waals surface area contributed by atoms with E-state index in [1.807, 2.05) is 6.92 Å². The van der Waals surface area contributed by atoms with Gasteiger partial charge < -0.3 is 5.11 Å². The third kappa shape index (κ3) is 2.23. The molecule has 3 nitrogen and oxygen atoms in total. The van der Waals surface area contributed by atoms with Crippen LogP contribution in [-0.2, 0) is 4.79 Å². The Morgan fingerprint density at radius 1 is 1.69 bits per heavy atom. The van der Waals surface area contributed by atoms with Crippen LogP contribution in [0.25, 0.3) is 0 Å². The molecule has 0 aliphatic carbocycles. The van der Waals surface area contributed by atoms with Crippen LogP contribution < -0.4 is 0 Å². The van der Waals surface area contributed by atoms with E-state index in [0.717, 1.165) is 12.1 Å². The Morgan fingerprint density at radius 3 is 2.62 bits per heavy atom. The van der Waals surface area contributed by atoms with Crippen LogP contribution in [-0.4, -0.2) is 35.6 Å². The van der Waals surface area contributed by atoms with Crippen molar-refractivity contribution in [3.63, 3.8) is 0 Å². The van der Waals surface area contributed by atoms with Crippen molar-refractivity contribution in [1.29, 1.82) is 0 Å². The summed E-state index contributed by atoms with van der Waals surface area (Å²) in [5, 5.41) is 8.83. The first-order valence-electron chi connectivity index (χ1n) is 4.19. The summed E-state index contributed by atoms with van der Waals surface area (Å²) in [6, 6.07) is 0. The summed E-state index contributed by atoms with van der Waals surface area (Å²) >= 11 is 5.51. The van der Waals surface area contributed by atoms with Crippen molar-refractivity contribution in [2.75, 3.05) is 19.6 Å². The molecule has 1 fully saturated rings. The van der Waals surface area contributed by atoms with Crippen LogP contribution >= 0.6 is 11.6 Å². The molecule has 0 radical (unpaired) electrons. The van der Waals surface area contributed by atoms with Gasteiger partial charge in [0.25, 0.3) is 0 Å². The molecule has 1 N–H and O–H groups in total. The maximum atomic E-state index is 10.7. The Balaban J connectivity index is 2.37. The molecule has 1 rings (SSSR count). The quantitative estimate of drug-likeness (QED) is 0.757. The highest BCUT2D eigenvalue weighted by Gasteiger charge is 2.44. The van der Waals surface area contributed by atoms with E-state index in [2.05, 4.69) is 4.90 Å². The number of likely N-dealkylation sites (tertiary alicyclic amines) is 1. The third-order valence-corrected chi connectivity index (χ3v) is 2.69. The zero-order chi connectivity index (χ0) is 10.1. The fraction of sp³-hybridized carbons (Fsp3) is 0.667. The lowest BCUT2D eigenvalue weighted by Crippen LogP contribution is -2.58. The van der Waals surface area contributed by atoms with Gasteiger partial charge in [-0.25, -0.2) is 0 Å². The zero-order valence-electron chi connectivity index (χ0n) is 7.88. The number of nitrogens with zero attached hydrogens (tertiary/aromatic N) is 1. The molecule has 0 aromatic carbocycles. The van der Waals surface area contributed by atoms with Gasteiger partial charge in [-0.1, -0.05) is 11.6 Å². The topological polar surface area (TPSA) is 40.5 Å². The van der Waals surface area contributed by atoms with E-state index < -0.39 is 11.4 Å². The molecule has 0 aromatic heterocycles. The van der Waals surface area contributed by atoms with Crippen molar-refractivity contribution in [3.05, 3.63) is 11.1 Å². The molecule has 4 heteroatoms. The fourth-order valence-corrected chi connectivity index (χ4v) is 1.64. The van der Waals surface area contributed by atoms with E-state index in [1.165, 1.54) is 5.54 Å². The number of aliphatic carboxylic acids is 1. The number of carboxylic acid groups (broad SMARTS) is 1. The Labute approximate surface area is 83.0 Å². The van der Waals surface area contributed by atoms with Crippen LogP contribution in [0.5, 0.6) is 0 Å². The van der Waals surface area contributed by atoms with E-state index in [1.54, 1.807) is 6.92 Å². The highest BCUT2D eigenvalue weighted by atomic mass is 35.5. The zero-order valence-corrected chi connectivity index (χ0v) is 8.64. The summed E-state index contributed by atoms with van der Waals surface area (Å²) in [6.07, 6.45) is 0. The maximum Gasteiger partial charge on any atom is 0.311 e. The lowest BCUT2D eigenvalue weighted by Gasteiger charge is -2.45. The van der Waals surface area contributed by atoms with Crippen molar-refractivity contribution < 1.29 is 9.90 Å². The van der Waals surface area contributed by atoms with Crippen molar-refractivity contribution >= 4 is 17.6 Å². The van der Waals surface area contributed by atoms with Crippen molar-refractivity contribution in [2.24, 2.45) is 5.41 Å². The molecule has 1 saturated heterocycles. The molecule has 0 unspecified atom stereocenters. The molecule has 0 aromatic rings. The van der Waals surface area contributed by atoms with Gasteiger partial charge in [0.05, 0.1) is 5.41 Å². The van der Waals surface area contributed by atoms with Gasteiger partial charge in [0.1, 0.15) is 0 Å². The minimum absolute atomic E-state index is 0.549. The van der Waals surface area contributed by atoms with Gasteiger partial charge in [-0.3, -0.25) is 9.69 Å².